The minimum Gasteiger partial charge on any atom is -0.455 e. The fraction of sp³-hybridized carbons (Fsp3) is 0.367. The van der Waals surface area contributed by atoms with Gasteiger partial charge in [-0.05, 0) is 53.8 Å². The molecule has 2 aromatic carbocycles. The number of likely N-dealkylation sites (tertiary alicyclic amines) is 1. The fourth-order valence-electron chi connectivity index (χ4n) is 5.61. The summed E-state index contributed by atoms with van der Waals surface area (Å²) < 4.78 is 5.99. The largest absolute Gasteiger partial charge is 0.455 e. The van der Waals surface area contributed by atoms with E-state index in [1.807, 2.05) is 30.3 Å². The first-order valence-electron chi connectivity index (χ1n) is 13.6. The number of H-pyrrole nitrogens is 1. The van der Waals surface area contributed by atoms with Crippen LogP contribution in [0.4, 0.5) is 0 Å². The van der Waals surface area contributed by atoms with Crippen LogP contribution in [0.25, 0.3) is 0 Å². The molecule has 1 aromatic heterocycles. The molecule has 1 fully saturated rings. The zero-order valence-electron chi connectivity index (χ0n) is 22.6. The van der Waals surface area contributed by atoms with Crippen molar-refractivity contribution in [3.8, 4) is 11.5 Å². The van der Waals surface area contributed by atoms with Gasteiger partial charge in [0.15, 0.2) is 0 Å². The lowest BCUT2D eigenvalue weighted by Gasteiger charge is -2.24. The normalized spacial score (nSPS) is 18.6. The molecule has 4 heterocycles. The maximum Gasteiger partial charge on any atom is 0.251 e. The van der Waals surface area contributed by atoms with Crippen LogP contribution < -0.4 is 20.7 Å². The van der Waals surface area contributed by atoms with E-state index in [-0.39, 0.29) is 29.7 Å². The van der Waals surface area contributed by atoms with E-state index in [0.29, 0.717) is 30.8 Å². The van der Waals surface area contributed by atoms with E-state index >= 15 is 0 Å². The third kappa shape index (κ3) is 5.46. The summed E-state index contributed by atoms with van der Waals surface area (Å²) in [5.41, 5.74) is 3.61. The van der Waals surface area contributed by atoms with Crippen LogP contribution >= 0.6 is 11.8 Å². The number of hydrogen-bond donors (Lipinski definition) is 4. The highest BCUT2D eigenvalue weighted by Crippen LogP contribution is 2.47. The summed E-state index contributed by atoms with van der Waals surface area (Å²) >= 11 is 1.59. The summed E-state index contributed by atoms with van der Waals surface area (Å²) in [5, 5.41) is 9.10. The van der Waals surface area contributed by atoms with Gasteiger partial charge in [0.05, 0.1) is 22.9 Å². The zero-order valence-corrected chi connectivity index (χ0v) is 23.5. The van der Waals surface area contributed by atoms with E-state index in [0.717, 1.165) is 40.7 Å². The highest BCUT2D eigenvalue weighted by Gasteiger charge is 2.43. The summed E-state index contributed by atoms with van der Waals surface area (Å²) in [5.74, 6) is 0.537. The van der Waals surface area contributed by atoms with E-state index in [4.69, 9.17) is 4.74 Å². The Morgan fingerprint density at radius 1 is 1.07 bits per heavy atom. The van der Waals surface area contributed by atoms with Crippen LogP contribution in [0, 0.1) is 5.41 Å². The topological polar surface area (TPSA) is 116 Å². The lowest BCUT2D eigenvalue weighted by Crippen LogP contribution is -2.49. The second-order valence-electron chi connectivity index (χ2n) is 11.3. The third-order valence-corrected chi connectivity index (χ3v) is 8.72. The Bertz CT molecular complexity index is 1460. The number of benzene rings is 2. The molecule has 0 radical (unpaired) electrons. The molecule has 3 amide bonds. The van der Waals surface area contributed by atoms with Gasteiger partial charge < -0.3 is 30.6 Å². The number of amides is 3. The second-order valence-corrected chi connectivity index (χ2v) is 12.4. The van der Waals surface area contributed by atoms with Crippen molar-refractivity contribution in [1.82, 2.24) is 25.8 Å². The van der Waals surface area contributed by atoms with Crippen LogP contribution in [-0.2, 0) is 29.1 Å². The van der Waals surface area contributed by atoms with Crippen molar-refractivity contribution in [2.75, 3.05) is 19.6 Å². The van der Waals surface area contributed by atoms with Gasteiger partial charge in [0, 0.05) is 43.0 Å². The summed E-state index contributed by atoms with van der Waals surface area (Å²) in [7, 11) is 0. The smallest absolute Gasteiger partial charge is 0.251 e. The fourth-order valence-corrected chi connectivity index (χ4v) is 6.55. The number of aromatic amines is 1. The van der Waals surface area contributed by atoms with Gasteiger partial charge in [-0.25, -0.2) is 0 Å². The number of hydrogen-bond acceptors (Lipinski definition) is 6. The molecule has 1 atom stereocenters. The van der Waals surface area contributed by atoms with Crippen molar-refractivity contribution in [3.63, 3.8) is 0 Å². The van der Waals surface area contributed by atoms with Crippen molar-refractivity contribution in [2.24, 2.45) is 5.41 Å². The van der Waals surface area contributed by atoms with E-state index in [1.165, 1.54) is 11.3 Å². The van der Waals surface area contributed by atoms with E-state index in [9.17, 15) is 14.4 Å². The van der Waals surface area contributed by atoms with Gasteiger partial charge in [-0.1, -0.05) is 37.7 Å². The Hall–Kier alpha value is -3.76. The van der Waals surface area contributed by atoms with Crippen LogP contribution in [-0.4, -0.2) is 53.3 Å². The minimum atomic E-state index is -0.583. The number of nitrogens with one attached hydrogen (secondary N) is 4. The molecular formula is C30H33N5O4S. The number of fused-ring (bicyclic) bond motifs is 3. The average Bonchev–Trinajstić information content (AvgIpc) is 3.52. The van der Waals surface area contributed by atoms with Crippen LogP contribution in [0.3, 0.4) is 0 Å². The van der Waals surface area contributed by atoms with Gasteiger partial charge >= 0.3 is 0 Å². The third-order valence-electron chi connectivity index (χ3n) is 7.61. The summed E-state index contributed by atoms with van der Waals surface area (Å²) in [6.07, 6.45) is 1.50. The number of nitrogens with zero attached hydrogens (tertiary/aromatic N) is 1. The molecule has 0 saturated carbocycles. The highest BCUT2D eigenvalue weighted by molar-refractivity contribution is 7.99. The van der Waals surface area contributed by atoms with E-state index in [2.05, 4.69) is 40.8 Å². The molecule has 4 N–H and O–H groups in total. The van der Waals surface area contributed by atoms with Crippen molar-refractivity contribution < 1.29 is 19.1 Å². The monoisotopic (exact) mass is 559 g/mol. The first-order chi connectivity index (χ1) is 19.3. The summed E-state index contributed by atoms with van der Waals surface area (Å²) in [6.45, 7) is 6.51. The zero-order chi connectivity index (χ0) is 27.9. The van der Waals surface area contributed by atoms with Gasteiger partial charge in [0.25, 0.3) is 5.91 Å². The lowest BCUT2D eigenvalue weighted by atomic mass is 9.90. The Labute approximate surface area is 237 Å². The van der Waals surface area contributed by atoms with Crippen molar-refractivity contribution in [1.29, 1.82) is 0 Å². The van der Waals surface area contributed by atoms with Crippen LogP contribution in [0.2, 0.25) is 0 Å². The van der Waals surface area contributed by atoms with Gasteiger partial charge in [0.1, 0.15) is 17.5 Å². The second kappa shape index (κ2) is 10.7. The van der Waals surface area contributed by atoms with Gasteiger partial charge in [-0.3, -0.25) is 14.4 Å². The Morgan fingerprint density at radius 2 is 1.90 bits per heavy atom. The Morgan fingerprint density at radius 3 is 2.75 bits per heavy atom. The maximum atomic E-state index is 13.3. The number of rotatable bonds is 6. The molecule has 40 heavy (non-hydrogen) atoms. The lowest BCUT2D eigenvalue weighted by molar-refractivity contribution is -0.137. The summed E-state index contributed by atoms with van der Waals surface area (Å²) in [6, 6.07) is 14.5. The number of carbonyl (C=O) groups is 3. The molecule has 9 nitrogen and oxygen atoms in total. The van der Waals surface area contributed by atoms with E-state index < -0.39 is 6.04 Å². The summed E-state index contributed by atoms with van der Waals surface area (Å²) in [4.78, 5) is 46.4. The SMILES string of the molecule is CC1(C)CC(C(=O)NCc2cc3c([nH]2)CCNC3)N(C(=O)CNC(=O)c2ccc3c(c2)Oc2ccccc2S3)C1. The Kier molecular flexibility index (Phi) is 7.06. The minimum absolute atomic E-state index is 0.180. The van der Waals surface area contributed by atoms with Crippen LogP contribution in [0.5, 0.6) is 11.5 Å². The van der Waals surface area contributed by atoms with E-state index in [1.54, 1.807) is 28.8 Å². The maximum absolute atomic E-state index is 13.3. The molecule has 208 valence electrons. The molecule has 3 aliphatic heterocycles. The van der Waals surface area contributed by atoms with Gasteiger partial charge in [0.2, 0.25) is 11.8 Å². The average molecular weight is 560 g/mol. The van der Waals surface area contributed by atoms with Crippen LogP contribution in [0.1, 0.15) is 47.6 Å². The Balaban J connectivity index is 1.06. The van der Waals surface area contributed by atoms with Crippen LogP contribution in [0.15, 0.2) is 58.3 Å². The molecule has 0 bridgehead atoms. The standard InChI is InChI=1S/C30H33N5O4S/c1-30(2)13-22(29(38)32-15-20-11-19-14-31-10-9-21(19)34-20)35(17-30)27(36)16-33-28(37)18-7-8-26-24(12-18)39-23-5-3-4-6-25(23)40-26/h3-8,11-12,22,31,34H,9-10,13-17H2,1-2H3,(H,32,38)(H,33,37). The van der Waals surface area contributed by atoms with Crippen molar-refractivity contribution in [2.45, 2.75) is 55.6 Å². The van der Waals surface area contributed by atoms with Gasteiger partial charge in [-0.15, -0.1) is 0 Å². The first-order valence-corrected chi connectivity index (χ1v) is 14.4. The van der Waals surface area contributed by atoms with Gasteiger partial charge in [-0.2, -0.15) is 0 Å². The van der Waals surface area contributed by atoms with Crippen molar-refractivity contribution in [3.05, 3.63) is 71.0 Å². The van der Waals surface area contributed by atoms with Crippen molar-refractivity contribution >= 4 is 29.5 Å². The molecule has 0 aliphatic carbocycles. The molecule has 10 heteroatoms. The highest BCUT2D eigenvalue weighted by atomic mass is 32.2. The first kappa shape index (κ1) is 26.5. The quantitative estimate of drug-likeness (QED) is 0.287. The predicted molar refractivity (Wildman–Crippen MR) is 151 cm³/mol. The number of ether oxygens (including phenoxy) is 1. The molecule has 6 rings (SSSR count). The molecule has 1 saturated heterocycles. The molecular weight excluding hydrogens is 526 g/mol. The molecule has 1 unspecified atom stereocenters. The molecule has 3 aliphatic rings. The predicted octanol–water partition coefficient (Wildman–Crippen LogP) is 3.59. The number of aromatic nitrogens is 1. The number of para-hydroxylation sites is 1. The molecule has 3 aromatic rings. The molecule has 0 spiro atoms. The number of carbonyl (C=O) groups excluding carboxylic acids is 3.